The topological polar surface area (TPSA) is 63.3 Å². The number of aryl methyl sites for hydroxylation is 1. The molecule has 3 nitrogen and oxygen atoms in total. The lowest BCUT2D eigenvalue weighted by Crippen LogP contribution is -1.97. The zero-order valence-electron chi connectivity index (χ0n) is 9.20. The fourth-order valence-corrected chi connectivity index (χ4v) is 4.11. The van der Waals surface area contributed by atoms with Crippen LogP contribution in [-0.4, -0.2) is 11.1 Å². The van der Waals surface area contributed by atoms with E-state index in [1.165, 1.54) is 22.7 Å². The van der Waals surface area contributed by atoms with Gasteiger partial charge < -0.3 is 10.8 Å². The van der Waals surface area contributed by atoms with Crippen molar-refractivity contribution in [3.8, 4) is 9.75 Å². The summed E-state index contributed by atoms with van der Waals surface area (Å²) in [4.78, 5) is 12.9. The first-order chi connectivity index (χ1) is 7.93. The molecular weight excluding hydrogens is 278 g/mol. The van der Waals surface area contributed by atoms with Crippen molar-refractivity contribution in [1.29, 1.82) is 0 Å². The molecule has 6 heteroatoms. The third kappa shape index (κ3) is 1.94. The van der Waals surface area contributed by atoms with Crippen molar-refractivity contribution < 1.29 is 9.90 Å². The molecule has 0 radical (unpaired) electrons. The van der Waals surface area contributed by atoms with Gasteiger partial charge in [0.2, 0.25) is 0 Å². The Balaban J connectivity index is 2.65. The van der Waals surface area contributed by atoms with Crippen LogP contribution in [0.15, 0.2) is 5.38 Å². The summed E-state index contributed by atoms with van der Waals surface area (Å²) in [7, 11) is 0. The van der Waals surface area contributed by atoms with Crippen LogP contribution < -0.4 is 5.73 Å². The molecule has 3 N–H and O–H groups in total. The maximum atomic E-state index is 11.0. The fourth-order valence-electron chi connectivity index (χ4n) is 1.48. The Labute approximate surface area is 111 Å². The third-order valence-electron chi connectivity index (χ3n) is 2.49. The number of rotatable bonds is 2. The van der Waals surface area contributed by atoms with E-state index in [9.17, 15) is 4.79 Å². The Hall–Kier alpha value is -1.04. The van der Waals surface area contributed by atoms with Crippen LogP contribution in [-0.2, 0) is 0 Å². The molecule has 0 bridgehead atoms. The second-order valence-electron chi connectivity index (χ2n) is 3.67. The van der Waals surface area contributed by atoms with Gasteiger partial charge in [-0.1, -0.05) is 11.6 Å². The molecule has 0 aliphatic rings. The number of carbonyl (C=O) groups is 1. The highest BCUT2D eigenvalue weighted by molar-refractivity contribution is 7.23. The van der Waals surface area contributed by atoms with Crippen LogP contribution >= 0.6 is 34.3 Å². The average molecular weight is 288 g/mol. The Kier molecular flexibility index (Phi) is 3.16. The van der Waals surface area contributed by atoms with Gasteiger partial charge in [-0.2, -0.15) is 0 Å². The van der Waals surface area contributed by atoms with Gasteiger partial charge in [0.25, 0.3) is 0 Å². The predicted molar refractivity (Wildman–Crippen MR) is 73.5 cm³/mol. The maximum absolute atomic E-state index is 11.0. The second kappa shape index (κ2) is 4.33. The normalized spacial score (nSPS) is 10.8. The highest BCUT2D eigenvalue weighted by atomic mass is 35.5. The summed E-state index contributed by atoms with van der Waals surface area (Å²) in [6, 6.07) is 0. The number of hydrogen-bond acceptors (Lipinski definition) is 4. The molecule has 0 spiro atoms. The lowest BCUT2D eigenvalue weighted by Gasteiger charge is -1.97. The number of anilines is 1. The van der Waals surface area contributed by atoms with Gasteiger partial charge in [-0.25, -0.2) is 4.79 Å². The van der Waals surface area contributed by atoms with E-state index in [0.717, 1.165) is 20.9 Å². The van der Waals surface area contributed by atoms with E-state index in [2.05, 4.69) is 0 Å². The van der Waals surface area contributed by atoms with E-state index in [0.29, 0.717) is 10.7 Å². The Morgan fingerprint density at radius 2 is 2.06 bits per heavy atom. The monoisotopic (exact) mass is 287 g/mol. The van der Waals surface area contributed by atoms with Crippen molar-refractivity contribution in [2.24, 2.45) is 0 Å². The van der Waals surface area contributed by atoms with Crippen LogP contribution in [0, 0.1) is 13.8 Å². The lowest BCUT2D eigenvalue weighted by molar-refractivity contribution is 0.0703. The molecule has 0 saturated heterocycles. The second-order valence-corrected chi connectivity index (χ2v) is 5.94. The molecule has 0 fully saturated rings. The minimum atomic E-state index is -0.994. The lowest BCUT2D eigenvalue weighted by atomic mass is 10.2. The van der Waals surface area contributed by atoms with Gasteiger partial charge in [-0.05, 0) is 30.4 Å². The number of nitrogen functional groups attached to an aromatic ring is 1. The van der Waals surface area contributed by atoms with E-state index < -0.39 is 5.97 Å². The number of aromatic carboxylic acids is 1. The molecule has 0 atom stereocenters. The molecule has 2 aromatic heterocycles. The van der Waals surface area contributed by atoms with Crippen LogP contribution in [0.3, 0.4) is 0 Å². The summed E-state index contributed by atoms with van der Waals surface area (Å²) >= 11 is 8.87. The smallest absolute Gasteiger partial charge is 0.348 e. The Bertz CT molecular complexity index is 601. The molecule has 0 amide bonds. The van der Waals surface area contributed by atoms with E-state index >= 15 is 0 Å². The summed E-state index contributed by atoms with van der Waals surface area (Å²) in [6.07, 6.45) is 0. The predicted octanol–water partition coefficient (Wildman–Crippen LogP) is 4.03. The summed E-state index contributed by atoms with van der Waals surface area (Å²) in [5.41, 5.74) is 7.91. The summed E-state index contributed by atoms with van der Waals surface area (Å²) < 4.78 is 0. The van der Waals surface area contributed by atoms with E-state index in [1.807, 2.05) is 19.2 Å². The van der Waals surface area contributed by atoms with Gasteiger partial charge in [-0.3, -0.25) is 0 Å². The van der Waals surface area contributed by atoms with E-state index in [4.69, 9.17) is 22.4 Å². The first-order valence-electron chi connectivity index (χ1n) is 4.79. The molecule has 0 aromatic carbocycles. The minimum absolute atomic E-state index is 0.180. The van der Waals surface area contributed by atoms with Crippen LogP contribution in [0.1, 0.15) is 20.8 Å². The largest absolute Gasteiger partial charge is 0.477 e. The Morgan fingerprint density at radius 3 is 2.47 bits per heavy atom. The fraction of sp³-hybridized carbons (Fsp3) is 0.182. The van der Waals surface area contributed by atoms with Crippen molar-refractivity contribution >= 4 is 45.9 Å². The third-order valence-corrected chi connectivity index (χ3v) is 5.65. The van der Waals surface area contributed by atoms with Crippen molar-refractivity contribution in [2.45, 2.75) is 13.8 Å². The van der Waals surface area contributed by atoms with Crippen molar-refractivity contribution in [1.82, 2.24) is 0 Å². The van der Waals surface area contributed by atoms with E-state index in [-0.39, 0.29) is 4.88 Å². The number of thiophene rings is 2. The van der Waals surface area contributed by atoms with Gasteiger partial charge >= 0.3 is 5.97 Å². The average Bonchev–Trinajstić information content (AvgIpc) is 2.73. The quantitative estimate of drug-likeness (QED) is 0.876. The molecular formula is C11H10ClNO2S2. The number of hydrogen-bond donors (Lipinski definition) is 2. The standard InChI is InChI=1S/C11H10ClNO2S2/c1-4-3-16-9(6(4)12)8-5(2)7(13)10(17-8)11(14)15/h3H,13H2,1-2H3,(H,14,15). The molecule has 2 heterocycles. The Morgan fingerprint density at radius 1 is 1.41 bits per heavy atom. The molecule has 0 aliphatic heterocycles. The first kappa shape index (κ1) is 12.4. The maximum Gasteiger partial charge on any atom is 0.348 e. The number of carboxylic acids is 1. The zero-order chi connectivity index (χ0) is 12.7. The first-order valence-corrected chi connectivity index (χ1v) is 6.87. The molecule has 0 aliphatic carbocycles. The van der Waals surface area contributed by atoms with Crippen LogP contribution in [0.2, 0.25) is 5.02 Å². The summed E-state index contributed by atoms with van der Waals surface area (Å²) in [5.74, 6) is -0.994. The SMILES string of the molecule is Cc1csc(-c2sc(C(=O)O)c(N)c2C)c1Cl. The summed E-state index contributed by atoms with van der Waals surface area (Å²) in [6.45, 7) is 3.74. The van der Waals surface area contributed by atoms with Gasteiger partial charge in [-0.15, -0.1) is 22.7 Å². The van der Waals surface area contributed by atoms with Gasteiger partial charge in [0.15, 0.2) is 0 Å². The molecule has 2 rings (SSSR count). The highest BCUT2D eigenvalue weighted by Gasteiger charge is 2.21. The van der Waals surface area contributed by atoms with Crippen molar-refractivity contribution in [2.75, 3.05) is 5.73 Å². The minimum Gasteiger partial charge on any atom is -0.477 e. The highest BCUT2D eigenvalue weighted by Crippen LogP contribution is 2.44. The van der Waals surface area contributed by atoms with Crippen LogP contribution in [0.4, 0.5) is 5.69 Å². The number of carboxylic acid groups (broad SMARTS) is 1. The van der Waals surface area contributed by atoms with Crippen LogP contribution in [0.25, 0.3) is 9.75 Å². The molecule has 90 valence electrons. The number of halogens is 1. The summed E-state index contributed by atoms with van der Waals surface area (Å²) in [5, 5.41) is 11.7. The van der Waals surface area contributed by atoms with Crippen LogP contribution in [0.5, 0.6) is 0 Å². The molecule has 0 saturated carbocycles. The molecule has 2 aromatic rings. The van der Waals surface area contributed by atoms with Gasteiger partial charge in [0.1, 0.15) is 4.88 Å². The van der Waals surface area contributed by atoms with Crippen molar-refractivity contribution in [3.63, 3.8) is 0 Å². The zero-order valence-corrected chi connectivity index (χ0v) is 11.6. The van der Waals surface area contributed by atoms with Gasteiger partial charge in [0.05, 0.1) is 20.5 Å². The number of nitrogens with two attached hydrogens (primary N) is 1. The van der Waals surface area contributed by atoms with Crippen molar-refractivity contribution in [3.05, 3.63) is 26.4 Å². The van der Waals surface area contributed by atoms with E-state index in [1.54, 1.807) is 0 Å². The molecule has 0 unspecified atom stereocenters. The molecule has 17 heavy (non-hydrogen) atoms. The van der Waals surface area contributed by atoms with Gasteiger partial charge in [0, 0.05) is 0 Å².